The smallest absolute Gasteiger partial charge is 0.240 e. The van der Waals surface area contributed by atoms with Crippen LogP contribution in [0.3, 0.4) is 0 Å². The van der Waals surface area contributed by atoms with Gasteiger partial charge in [0.25, 0.3) is 0 Å². The predicted octanol–water partition coefficient (Wildman–Crippen LogP) is 4.08. The molecule has 0 aliphatic heterocycles. The molecule has 0 aromatic heterocycles. The van der Waals surface area contributed by atoms with Gasteiger partial charge >= 0.3 is 0 Å². The molecule has 0 unspecified atom stereocenters. The molecule has 0 heterocycles. The number of hydrogen-bond acceptors (Lipinski definition) is 3. The lowest BCUT2D eigenvalue weighted by Gasteiger charge is -2.38. The molecule has 0 fully saturated rings. The van der Waals surface area contributed by atoms with Crippen LogP contribution >= 0.6 is 15.9 Å². The van der Waals surface area contributed by atoms with Crippen LogP contribution in [0.1, 0.15) is 48.4 Å². The number of aliphatic imine (C=N–C) groups is 1. The van der Waals surface area contributed by atoms with Gasteiger partial charge in [-0.2, -0.15) is 0 Å². The van der Waals surface area contributed by atoms with E-state index in [0.29, 0.717) is 19.4 Å². The highest BCUT2D eigenvalue weighted by Crippen LogP contribution is 2.33. The molecule has 36 heavy (non-hydrogen) atoms. The normalized spacial score (nSPS) is 12.5. The van der Waals surface area contributed by atoms with Gasteiger partial charge in [-0.15, -0.1) is 0 Å². The fourth-order valence-electron chi connectivity index (χ4n) is 4.35. The standard InChI is InChI=1S/C28H32BrN5O2/c1-19(20-14-16-23(29)17-15-20)34(24(26(30)35)13-8-18-33-28(31)32)27(36)25(21-9-4-2-5-10-21)22-11-6-3-7-12-22/h2-7,9-12,14-17,19,24-25H,8,13,18H2,1H3,(H2,30,35)(H4,31,32,33)/t19-,24+/m0/s1. The van der Waals surface area contributed by atoms with Gasteiger partial charge in [-0.25, -0.2) is 0 Å². The first-order chi connectivity index (χ1) is 17.3. The van der Waals surface area contributed by atoms with Crippen LogP contribution in [0.2, 0.25) is 0 Å². The van der Waals surface area contributed by atoms with Gasteiger partial charge in [-0.3, -0.25) is 14.6 Å². The highest BCUT2D eigenvalue weighted by Gasteiger charge is 2.37. The lowest BCUT2D eigenvalue weighted by atomic mass is 9.88. The van der Waals surface area contributed by atoms with Crippen LogP contribution in [0, 0.1) is 0 Å². The fourth-order valence-corrected chi connectivity index (χ4v) is 4.61. The van der Waals surface area contributed by atoms with E-state index in [1.165, 1.54) is 0 Å². The minimum Gasteiger partial charge on any atom is -0.370 e. The zero-order chi connectivity index (χ0) is 26.1. The monoisotopic (exact) mass is 549 g/mol. The molecule has 0 radical (unpaired) electrons. The number of guanidine groups is 1. The Kier molecular flexibility index (Phi) is 9.64. The quantitative estimate of drug-likeness (QED) is 0.189. The van der Waals surface area contributed by atoms with Crippen molar-refractivity contribution in [1.29, 1.82) is 0 Å². The van der Waals surface area contributed by atoms with E-state index in [9.17, 15) is 9.59 Å². The molecule has 3 aromatic rings. The third-order valence-corrected chi connectivity index (χ3v) is 6.66. The maximum absolute atomic E-state index is 14.5. The van der Waals surface area contributed by atoms with Crippen molar-refractivity contribution in [2.75, 3.05) is 6.54 Å². The maximum atomic E-state index is 14.5. The first-order valence-electron chi connectivity index (χ1n) is 11.8. The minimum absolute atomic E-state index is 0.0185. The number of nitrogens with two attached hydrogens (primary N) is 3. The Labute approximate surface area is 220 Å². The topological polar surface area (TPSA) is 128 Å². The van der Waals surface area contributed by atoms with Gasteiger partial charge in [0, 0.05) is 11.0 Å². The van der Waals surface area contributed by atoms with E-state index >= 15 is 0 Å². The van der Waals surface area contributed by atoms with Crippen LogP contribution in [0.25, 0.3) is 0 Å². The van der Waals surface area contributed by atoms with Gasteiger partial charge in [0.15, 0.2) is 5.96 Å². The van der Waals surface area contributed by atoms with E-state index in [4.69, 9.17) is 17.2 Å². The number of carbonyl (C=O) groups is 2. The van der Waals surface area contributed by atoms with Crippen molar-refractivity contribution in [3.63, 3.8) is 0 Å². The molecule has 2 amide bonds. The predicted molar refractivity (Wildman–Crippen MR) is 147 cm³/mol. The van der Waals surface area contributed by atoms with Gasteiger partial charge < -0.3 is 22.1 Å². The Morgan fingerprint density at radius 2 is 1.36 bits per heavy atom. The van der Waals surface area contributed by atoms with Crippen molar-refractivity contribution in [3.8, 4) is 0 Å². The highest BCUT2D eigenvalue weighted by atomic mass is 79.9. The summed E-state index contributed by atoms with van der Waals surface area (Å²) in [7, 11) is 0. The number of carbonyl (C=O) groups excluding carboxylic acids is 2. The summed E-state index contributed by atoms with van der Waals surface area (Å²) in [6, 6.07) is 25.6. The lowest BCUT2D eigenvalue weighted by Crippen LogP contribution is -2.50. The van der Waals surface area contributed by atoms with Crippen molar-refractivity contribution in [2.24, 2.45) is 22.2 Å². The van der Waals surface area contributed by atoms with Gasteiger partial charge in [0.05, 0.1) is 12.0 Å². The van der Waals surface area contributed by atoms with Crippen molar-refractivity contribution in [3.05, 3.63) is 106 Å². The number of benzene rings is 3. The van der Waals surface area contributed by atoms with Gasteiger partial charge in [-0.1, -0.05) is 88.7 Å². The molecule has 6 N–H and O–H groups in total. The number of nitrogens with zero attached hydrogens (tertiary/aromatic N) is 2. The van der Waals surface area contributed by atoms with E-state index in [1.807, 2.05) is 91.9 Å². The second kappa shape index (κ2) is 12.9. The molecule has 3 aromatic carbocycles. The molecule has 0 saturated heterocycles. The van der Waals surface area contributed by atoms with Crippen molar-refractivity contribution in [1.82, 2.24) is 4.90 Å². The molecule has 3 rings (SSSR count). The summed E-state index contributed by atoms with van der Waals surface area (Å²) in [5.41, 5.74) is 19.4. The van der Waals surface area contributed by atoms with Gasteiger partial charge in [-0.05, 0) is 48.6 Å². The molecule has 8 heteroatoms. The molecular formula is C28H32BrN5O2. The Balaban J connectivity index is 2.08. The molecular weight excluding hydrogens is 518 g/mol. The molecule has 0 bridgehead atoms. The first-order valence-corrected chi connectivity index (χ1v) is 12.6. The molecule has 188 valence electrons. The van der Waals surface area contributed by atoms with E-state index in [0.717, 1.165) is 21.2 Å². The number of hydrogen-bond donors (Lipinski definition) is 3. The summed E-state index contributed by atoms with van der Waals surface area (Å²) in [5, 5.41) is 0. The maximum Gasteiger partial charge on any atom is 0.240 e. The number of primary amides is 1. The van der Waals surface area contributed by atoms with Gasteiger partial charge in [0.2, 0.25) is 11.8 Å². The van der Waals surface area contributed by atoms with Crippen molar-refractivity contribution < 1.29 is 9.59 Å². The molecule has 0 aliphatic carbocycles. The fraction of sp³-hybridized carbons (Fsp3) is 0.250. The second-order valence-corrected chi connectivity index (χ2v) is 9.51. The number of amides is 2. The van der Waals surface area contributed by atoms with Crippen LogP contribution in [-0.4, -0.2) is 35.3 Å². The summed E-state index contributed by atoms with van der Waals surface area (Å²) in [6.45, 7) is 2.25. The molecule has 0 saturated carbocycles. The van der Waals surface area contributed by atoms with E-state index in [1.54, 1.807) is 4.90 Å². The third-order valence-electron chi connectivity index (χ3n) is 6.13. The first kappa shape index (κ1) is 26.9. The SMILES string of the molecule is C[C@@H](c1ccc(Br)cc1)N(C(=O)C(c1ccccc1)c1ccccc1)[C@H](CCCN=C(N)N)C(N)=O. The molecule has 2 atom stereocenters. The summed E-state index contributed by atoms with van der Waals surface area (Å²) < 4.78 is 0.923. The zero-order valence-corrected chi connectivity index (χ0v) is 21.8. The van der Waals surface area contributed by atoms with Crippen molar-refractivity contribution >= 4 is 33.7 Å². The molecule has 7 nitrogen and oxygen atoms in total. The minimum atomic E-state index is -0.847. The summed E-state index contributed by atoms with van der Waals surface area (Å²) in [6.07, 6.45) is 0.818. The zero-order valence-electron chi connectivity index (χ0n) is 20.3. The largest absolute Gasteiger partial charge is 0.370 e. The van der Waals surface area contributed by atoms with E-state index < -0.39 is 23.9 Å². The number of rotatable bonds is 11. The van der Waals surface area contributed by atoms with Crippen LogP contribution in [-0.2, 0) is 9.59 Å². The van der Waals surface area contributed by atoms with Crippen molar-refractivity contribution in [2.45, 2.75) is 37.8 Å². The molecule has 0 aliphatic rings. The average Bonchev–Trinajstić information content (AvgIpc) is 2.87. The van der Waals surface area contributed by atoms with Crippen LogP contribution in [0.4, 0.5) is 0 Å². The van der Waals surface area contributed by atoms with E-state index in [-0.39, 0.29) is 11.9 Å². The summed E-state index contributed by atoms with van der Waals surface area (Å²) in [4.78, 5) is 32.9. The summed E-state index contributed by atoms with van der Waals surface area (Å²) in [5.74, 6) is -1.40. The number of halogens is 1. The van der Waals surface area contributed by atoms with E-state index in [2.05, 4.69) is 20.9 Å². The second-order valence-electron chi connectivity index (χ2n) is 8.59. The Morgan fingerprint density at radius 3 is 1.83 bits per heavy atom. The average molecular weight is 551 g/mol. The van der Waals surface area contributed by atoms with Crippen LogP contribution < -0.4 is 17.2 Å². The van der Waals surface area contributed by atoms with Gasteiger partial charge in [0.1, 0.15) is 6.04 Å². The Hall–Kier alpha value is -3.65. The van der Waals surface area contributed by atoms with Crippen LogP contribution in [0.5, 0.6) is 0 Å². The highest BCUT2D eigenvalue weighted by molar-refractivity contribution is 9.10. The Bertz CT molecular complexity index is 1130. The Morgan fingerprint density at radius 1 is 0.833 bits per heavy atom. The molecule has 0 spiro atoms. The lowest BCUT2D eigenvalue weighted by molar-refractivity contribution is -0.142. The van der Waals surface area contributed by atoms with Crippen LogP contribution in [0.15, 0.2) is 94.4 Å². The summed E-state index contributed by atoms with van der Waals surface area (Å²) >= 11 is 3.46. The third kappa shape index (κ3) is 6.95.